The van der Waals surface area contributed by atoms with Gasteiger partial charge in [-0.15, -0.1) is 0 Å². The first-order valence-electron chi connectivity index (χ1n) is 8.20. The zero-order valence-electron chi connectivity index (χ0n) is 14.9. The van der Waals surface area contributed by atoms with Crippen molar-refractivity contribution in [2.75, 3.05) is 13.2 Å². The van der Waals surface area contributed by atoms with Gasteiger partial charge in [-0.3, -0.25) is 9.48 Å². The average molecular weight is 309 g/mol. The summed E-state index contributed by atoms with van der Waals surface area (Å²) in [6.07, 6.45) is 2.62. The molecule has 5 nitrogen and oxygen atoms in total. The van der Waals surface area contributed by atoms with Crippen LogP contribution in [0.15, 0.2) is 0 Å². The number of aliphatic hydroxyl groups excluding tert-OH is 1. The summed E-state index contributed by atoms with van der Waals surface area (Å²) >= 11 is 0. The van der Waals surface area contributed by atoms with E-state index in [9.17, 15) is 9.90 Å². The minimum Gasteiger partial charge on any atom is -0.396 e. The lowest BCUT2D eigenvalue weighted by Gasteiger charge is -2.31. The number of nitrogens with one attached hydrogen (secondary N) is 1. The van der Waals surface area contributed by atoms with E-state index >= 15 is 0 Å². The monoisotopic (exact) mass is 309 g/mol. The molecular weight excluding hydrogens is 278 g/mol. The Morgan fingerprint density at radius 3 is 2.36 bits per heavy atom. The van der Waals surface area contributed by atoms with E-state index in [1.54, 1.807) is 0 Å². The quantitative estimate of drug-likeness (QED) is 0.775. The first-order chi connectivity index (χ1) is 10.3. The van der Waals surface area contributed by atoms with Crippen LogP contribution in [0, 0.1) is 19.3 Å². The molecule has 0 aliphatic carbocycles. The fourth-order valence-electron chi connectivity index (χ4n) is 3.15. The topological polar surface area (TPSA) is 67.2 Å². The molecule has 1 aromatic rings. The first kappa shape index (κ1) is 18.7. The standard InChI is InChI=1S/C17H31N3O2/c1-7-17(8-2,9-10-21)11-18-16(22)12(3)15-13(4)19-20(6)14(15)5/h12,21H,7-11H2,1-6H3,(H,18,22)/t12-/m1/s1. The predicted octanol–water partition coefficient (Wildman–Crippen LogP) is 2.45. The third-order valence-corrected chi connectivity index (χ3v) is 5.17. The lowest BCUT2D eigenvalue weighted by atomic mass is 9.79. The van der Waals surface area contributed by atoms with Crippen molar-refractivity contribution in [2.45, 2.75) is 59.8 Å². The summed E-state index contributed by atoms with van der Waals surface area (Å²) in [5.41, 5.74) is 2.95. The Morgan fingerprint density at radius 2 is 1.95 bits per heavy atom. The molecule has 1 atom stereocenters. The molecule has 0 aliphatic heterocycles. The van der Waals surface area contributed by atoms with Crippen molar-refractivity contribution >= 4 is 5.91 Å². The number of hydrogen-bond donors (Lipinski definition) is 2. The number of rotatable bonds is 8. The van der Waals surface area contributed by atoms with E-state index < -0.39 is 0 Å². The third kappa shape index (κ3) is 3.88. The van der Waals surface area contributed by atoms with Crippen LogP contribution in [-0.4, -0.2) is 33.9 Å². The highest BCUT2D eigenvalue weighted by Gasteiger charge is 2.28. The molecule has 0 saturated carbocycles. The molecule has 1 heterocycles. The van der Waals surface area contributed by atoms with Gasteiger partial charge in [0, 0.05) is 31.5 Å². The fraction of sp³-hybridized carbons (Fsp3) is 0.765. The number of nitrogens with zero attached hydrogens (tertiary/aromatic N) is 2. The molecule has 0 unspecified atom stereocenters. The molecule has 0 aliphatic rings. The normalized spacial score (nSPS) is 13.2. The van der Waals surface area contributed by atoms with Gasteiger partial charge in [-0.05, 0) is 45.4 Å². The van der Waals surface area contributed by atoms with Gasteiger partial charge < -0.3 is 10.4 Å². The van der Waals surface area contributed by atoms with Gasteiger partial charge in [0.1, 0.15) is 0 Å². The first-order valence-corrected chi connectivity index (χ1v) is 8.20. The van der Waals surface area contributed by atoms with Crippen molar-refractivity contribution < 1.29 is 9.90 Å². The van der Waals surface area contributed by atoms with Crippen LogP contribution < -0.4 is 5.32 Å². The summed E-state index contributed by atoms with van der Waals surface area (Å²) in [5, 5.41) is 16.7. The van der Waals surface area contributed by atoms with E-state index in [0.29, 0.717) is 6.54 Å². The number of hydrogen-bond acceptors (Lipinski definition) is 3. The van der Waals surface area contributed by atoms with Crippen LogP contribution >= 0.6 is 0 Å². The minimum absolute atomic E-state index is 0.0108. The van der Waals surface area contributed by atoms with E-state index in [2.05, 4.69) is 24.3 Å². The summed E-state index contributed by atoms with van der Waals surface area (Å²) in [7, 11) is 1.90. The number of carbonyl (C=O) groups excluding carboxylic acids is 1. The number of carbonyl (C=O) groups is 1. The summed E-state index contributed by atoms with van der Waals surface area (Å²) in [4.78, 5) is 12.5. The predicted molar refractivity (Wildman–Crippen MR) is 88.8 cm³/mol. The van der Waals surface area contributed by atoms with Crippen molar-refractivity contribution in [2.24, 2.45) is 12.5 Å². The maximum absolute atomic E-state index is 12.5. The Balaban J connectivity index is 2.80. The minimum atomic E-state index is -0.214. The number of aliphatic hydroxyl groups is 1. The molecule has 1 aromatic heterocycles. The van der Waals surface area contributed by atoms with Crippen LogP contribution in [0.2, 0.25) is 0 Å². The van der Waals surface area contributed by atoms with Gasteiger partial charge >= 0.3 is 0 Å². The average Bonchev–Trinajstić information content (AvgIpc) is 2.75. The maximum atomic E-state index is 12.5. The summed E-state index contributed by atoms with van der Waals surface area (Å²) in [6.45, 7) is 10.9. The van der Waals surface area contributed by atoms with E-state index in [-0.39, 0.29) is 23.8 Å². The molecule has 0 saturated heterocycles. The zero-order chi connectivity index (χ0) is 16.9. The second kappa shape index (κ2) is 7.77. The maximum Gasteiger partial charge on any atom is 0.227 e. The molecule has 0 spiro atoms. The van der Waals surface area contributed by atoms with Crippen molar-refractivity contribution in [3.63, 3.8) is 0 Å². The Kier molecular flexibility index (Phi) is 6.60. The van der Waals surface area contributed by atoms with Crippen LogP contribution in [0.5, 0.6) is 0 Å². The fourth-order valence-corrected chi connectivity index (χ4v) is 3.15. The van der Waals surface area contributed by atoms with E-state index in [1.165, 1.54) is 0 Å². The second-order valence-corrected chi connectivity index (χ2v) is 6.33. The van der Waals surface area contributed by atoms with Crippen LogP contribution in [0.25, 0.3) is 0 Å². The largest absolute Gasteiger partial charge is 0.396 e. The molecule has 0 radical (unpaired) electrons. The van der Waals surface area contributed by atoms with Crippen molar-refractivity contribution in [1.82, 2.24) is 15.1 Å². The number of aryl methyl sites for hydroxylation is 2. The van der Waals surface area contributed by atoms with Gasteiger partial charge in [0.05, 0.1) is 11.6 Å². The Hall–Kier alpha value is -1.36. The van der Waals surface area contributed by atoms with Crippen LogP contribution in [0.3, 0.4) is 0 Å². The Morgan fingerprint density at radius 1 is 1.36 bits per heavy atom. The van der Waals surface area contributed by atoms with Crippen LogP contribution in [-0.2, 0) is 11.8 Å². The SMILES string of the molecule is CCC(CC)(CCO)CNC(=O)[C@H](C)c1c(C)nn(C)c1C. The molecule has 22 heavy (non-hydrogen) atoms. The molecule has 1 amide bonds. The molecule has 126 valence electrons. The summed E-state index contributed by atoms with van der Waals surface area (Å²) in [6, 6.07) is 0. The molecule has 5 heteroatoms. The lowest BCUT2D eigenvalue weighted by Crippen LogP contribution is -2.39. The number of amides is 1. The van der Waals surface area contributed by atoms with Gasteiger partial charge in [0.25, 0.3) is 0 Å². The third-order valence-electron chi connectivity index (χ3n) is 5.17. The smallest absolute Gasteiger partial charge is 0.227 e. The van der Waals surface area contributed by atoms with Crippen LogP contribution in [0.4, 0.5) is 0 Å². The molecule has 0 aromatic carbocycles. The van der Waals surface area contributed by atoms with Gasteiger partial charge in [-0.2, -0.15) is 5.10 Å². The Labute approximate surface area is 134 Å². The van der Waals surface area contributed by atoms with Crippen LogP contribution in [0.1, 0.15) is 62.9 Å². The van der Waals surface area contributed by atoms with Crippen molar-refractivity contribution in [3.05, 3.63) is 17.0 Å². The molecule has 1 rings (SSSR count). The molecule has 0 bridgehead atoms. The number of aromatic nitrogens is 2. The van der Waals surface area contributed by atoms with E-state index in [1.807, 2.05) is 32.5 Å². The van der Waals surface area contributed by atoms with Gasteiger partial charge in [0.2, 0.25) is 5.91 Å². The lowest BCUT2D eigenvalue weighted by molar-refractivity contribution is -0.122. The highest BCUT2D eigenvalue weighted by molar-refractivity contribution is 5.83. The van der Waals surface area contributed by atoms with Crippen molar-refractivity contribution in [3.8, 4) is 0 Å². The second-order valence-electron chi connectivity index (χ2n) is 6.33. The van der Waals surface area contributed by atoms with Gasteiger partial charge in [-0.25, -0.2) is 0 Å². The van der Waals surface area contributed by atoms with Crippen molar-refractivity contribution in [1.29, 1.82) is 0 Å². The highest BCUT2D eigenvalue weighted by atomic mass is 16.3. The van der Waals surface area contributed by atoms with E-state index in [4.69, 9.17) is 0 Å². The summed E-state index contributed by atoms with van der Waals surface area (Å²) in [5.74, 6) is -0.183. The van der Waals surface area contributed by atoms with E-state index in [0.717, 1.165) is 36.2 Å². The zero-order valence-corrected chi connectivity index (χ0v) is 14.9. The highest BCUT2D eigenvalue weighted by Crippen LogP contribution is 2.30. The molecule has 0 fully saturated rings. The van der Waals surface area contributed by atoms with Gasteiger partial charge in [0.15, 0.2) is 0 Å². The summed E-state index contributed by atoms with van der Waals surface area (Å²) < 4.78 is 1.82. The Bertz CT molecular complexity index is 504. The van der Waals surface area contributed by atoms with Gasteiger partial charge in [-0.1, -0.05) is 13.8 Å². The molecular formula is C17H31N3O2. The molecule has 2 N–H and O–H groups in total.